The third-order valence-electron chi connectivity index (χ3n) is 5.64. The standard InChI is InChI=1S/C16H25NO4/c18-14-16(20-15(19-14)9-5-2-6-10-15)11-13(17-21-16)12-7-3-1-4-8-12/h12-13,17H,1-11H2. The molecular formula is C16H25NO4. The highest BCUT2D eigenvalue weighted by Gasteiger charge is 2.63. The second-order valence-electron chi connectivity index (χ2n) is 7.14. The van der Waals surface area contributed by atoms with Gasteiger partial charge >= 0.3 is 5.97 Å². The number of carbonyl (C=O) groups is 1. The number of ether oxygens (including phenoxy) is 2. The zero-order valence-electron chi connectivity index (χ0n) is 12.6. The van der Waals surface area contributed by atoms with Crippen LogP contribution in [0.25, 0.3) is 0 Å². The van der Waals surface area contributed by atoms with Crippen LogP contribution in [0.1, 0.15) is 70.6 Å². The van der Waals surface area contributed by atoms with Crippen molar-refractivity contribution in [1.29, 1.82) is 0 Å². The van der Waals surface area contributed by atoms with Gasteiger partial charge in [0.25, 0.3) is 5.79 Å². The Kier molecular flexibility index (Phi) is 3.47. The van der Waals surface area contributed by atoms with Crippen molar-refractivity contribution in [2.75, 3.05) is 0 Å². The topological polar surface area (TPSA) is 56.8 Å². The van der Waals surface area contributed by atoms with E-state index < -0.39 is 11.6 Å². The molecule has 4 aliphatic rings. The van der Waals surface area contributed by atoms with Gasteiger partial charge in [-0.3, -0.25) is 9.57 Å². The SMILES string of the molecule is O=C1OC2(CCCCC2)OC12CC(C1CCCCC1)NO2. The summed E-state index contributed by atoms with van der Waals surface area (Å²) in [4.78, 5) is 18.0. The van der Waals surface area contributed by atoms with Crippen molar-refractivity contribution >= 4 is 5.97 Å². The van der Waals surface area contributed by atoms with Crippen LogP contribution in [0.15, 0.2) is 0 Å². The molecule has 118 valence electrons. The van der Waals surface area contributed by atoms with Gasteiger partial charge in [-0.25, -0.2) is 4.79 Å². The Morgan fingerprint density at radius 2 is 1.71 bits per heavy atom. The Bertz CT molecular complexity index is 415. The monoisotopic (exact) mass is 295 g/mol. The van der Waals surface area contributed by atoms with Gasteiger partial charge in [-0.05, 0) is 31.6 Å². The number of hydrogen-bond donors (Lipinski definition) is 1. The summed E-state index contributed by atoms with van der Waals surface area (Å²) in [5.41, 5.74) is 3.09. The normalized spacial score (nSPS) is 40.0. The van der Waals surface area contributed by atoms with Crippen LogP contribution in [0.4, 0.5) is 0 Å². The van der Waals surface area contributed by atoms with Crippen molar-refractivity contribution in [2.24, 2.45) is 5.92 Å². The van der Waals surface area contributed by atoms with Gasteiger partial charge in [0.2, 0.25) is 5.79 Å². The van der Waals surface area contributed by atoms with Crippen molar-refractivity contribution < 1.29 is 19.1 Å². The first kappa shape index (κ1) is 14.0. The van der Waals surface area contributed by atoms with E-state index in [-0.39, 0.29) is 12.0 Å². The fraction of sp³-hybridized carbons (Fsp3) is 0.938. The number of hydrogen-bond acceptors (Lipinski definition) is 5. The first-order valence-corrected chi connectivity index (χ1v) is 8.59. The molecule has 2 saturated carbocycles. The minimum absolute atomic E-state index is 0.219. The van der Waals surface area contributed by atoms with Crippen molar-refractivity contribution in [3.63, 3.8) is 0 Å². The summed E-state index contributed by atoms with van der Waals surface area (Å²) in [6.45, 7) is 0. The Labute approximate surface area is 125 Å². The predicted octanol–water partition coefficient (Wildman–Crippen LogP) is 2.79. The molecule has 0 bridgehead atoms. The average Bonchev–Trinajstić information content (AvgIpc) is 3.04. The average molecular weight is 295 g/mol. The van der Waals surface area contributed by atoms with Gasteiger partial charge in [-0.1, -0.05) is 25.7 Å². The fourth-order valence-corrected chi connectivity index (χ4v) is 4.43. The minimum atomic E-state index is -1.18. The summed E-state index contributed by atoms with van der Waals surface area (Å²) in [6.07, 6.45) is 11.8. The van der Waals surface area contributed by atoms with E-state index in [1.807, 2.05) is 0 Å². The number of nitrogens with one attached hydrogen (secondary N) is 1. The molecule has 4 fully saturated rings. The summed E-state index contributed by atoms with van der Waals surface area (Å²) in [5, 5.41) is 0. The van der Waals surface area contributed by atoms with Crippen LogP contribution in [0.3, 0.4) is 0 Å². The van der Waals surface area contributed by atoms with Crippen LogP contribution in [-0.4, -0.2) is 23.6 Å². The Hall–Kier alpha value is -0.650. The van der Waals surface area contributed by atoms with E-state index in [9.17, 15) is 4.79 Å². The molecule has 2 aliphatic heterocycles. The van der Waals surface area contributed by atoms with Crippen LogP contribution in [0.5, 0.6) is 0 Å². The van der Waals surface area contributed by atoms with Crippen LogP contribution in [0, 0.1) is 5.92 Å². The number of hydroxylamine groups is 1. The summed E-state index contributed by atoms with van der Waals surface area (Å²) >= 11 is 0. The second kappa shape index (κ2) is 5.21. The highest BCUT2D eigenvalue weighted by molar-refractivity contribution is 5.80. The fourth-order valence-electron chi connectivity index (χ4n) is 4.43. The molecule has 2 heterocycles. The van der Waals surface area contributed by atoms with Crippen molar-refractivity contribution in [1.82, 2.24) is 5.48 Å². The maximum absolute atomic E-state index is 12.4. The minimum Gasteiger partial charge on any atom is -0.429 e. The molecular weight excluding hydrogens is 270 g/mol. The summed E-state index contributed by atoms with van der Waals surface area (Å²) in [7, 11) is 0. The zero-order chi connectivity index (χ0) is 14.3. The van der Waals surface area contributed by atoms with E-state index in [1.54, 1.807) is 0 Å². The summed E-state index contributed by atoms with van der Waals surface area (Å²) in [5.74, 6) is -1.62. The first-order chi connectivity index (χ1) is 10.2. The smallest absolute Gasteiger partial charge is 0.371 e. The molecule has 1 N–H and O–H groups in total. The summed E-state index contributed by atoms with van der Waals surface area (Å²) < 4.78 is 11.8. The van der Waals surface area contributed by atoms with E-state index >= 15 is 0 Å². The molecule has 0 radical (unpaired) electrons. The van der Waals surface area contributed by atoms with Gasteiger partial charge in [0.05, 0.1) is 0 Å². The van der Waals surface area contributed by atoms with Crippen LogP contribution < -0.4 is 5.48 Å². The van der Waals surface area contributed by atoms with Gasteiger partial charge in [0, 0.05) is 25.3 Å². The summed E-state index contributed by atoms with van der Waals surface area (Å²) in [6, 6.07) is 0.219. The molecule has 2 aliphatic carbocycles. The lowest BCUT2D eigenvalue weighted by Crippen LogP contribution is -2.39. The molecule has 2 atom stereocenters. The van der Waals surface area contributed by atoms with E-state index in [0.717, 1.165) is 25.7 Å². The van der Waals surface area contributed by atoms with Crippen LogP contribution in [0.2, 0.25) is 0 Å². The zero-order valence-corrected chi connectivity index (χ0v) is 12.6. The third kappa shape index (κ3) is 2.39. The van der Waals surface area contributed by atoms with E-state index in [2.05, 4.69) is 5.48 Å². The molecule has 4 rings (SSSR count). The molecule has 2 unspecified atom stereocenters. The highest BCUT2D eigenvalue weighted by Crippen LogP contribution is 2.47. The highest BCUT2D eigenvalue weighted by atomic mass is 16.9. The molecule has 5 nitrogen and oxygen atoms in total. The Morgan fingerprint density at radius 1 is 1.00 bits per heavy atom. The number of rotatable bonds is 1. The van der Waals surface area contributed by atoms with Crippen LogP contribution in [-0.2, 0) is 19.1 Å². The van der Waals surface area contributed by atoms with Gasteiger partial charge in [0.1, 0.15) is 0 Å². The molecule has 0 aromatic rings. The predicted molar refractivity (Wildman–Crippen MR) is 74.9 cm³/mol. The molecule has 0 amide bonds. The Balaban J connectivity index is 1.46. The molecule has 0 aromatic heterocycles. The number of carbonyl (C=O) groups excluding carboxylic acids is 1. The van der Waals surface area contributed by atoms with E-state index in [4.69, 9.17) is 14.3 Å². The van der Waals surface area contributed by atoms with Gasteiger partial charge in [0.15, 0.2) is 0 Å². The second-order valence-corrected chi connectivity index (χ2v) is 7.14. The Morgan fingerprint density at radius 3 is 2.48 bits per heavy atom. The number of esters is 1. The van der Waals surface area contributed by atoms with Crippen molar-refractivity contribution in [3.05, 3.63) is 0 Å². The maximum Gasteiger partial charge on any atom is 0.371 e. The van der Waals surface area contributed by atoms with E-state index in [1.165, 1.54) is 38.5 Å². The van der Waals surface area contributed by atoms with Gasteiger partial charge < -0.3 is 4.74 Å². The molecule has 0 aromatic carbocycles. The molecule has 2 spiro atoms. The van der Waals surface area contributed by atoms with Crippen LogP contribution >= 0.6 is 0 Å². The largest absolute Gasteiger partial charge is 0.429 e. The van der Waals surface area contributed by atoms with Crippen molar-refractivity contribution in [3.8, 4) is 0 Å². The van der Waals surface area contributed by atoms with Gasteiger partial charge in [-0.2, -0.15) is 5.48 Å². The molecule has 2 saturated heterocycles. The van der Waals surface area contributed by atoms with Gasteiger partial charge in [-0.15, -0.1) is 0 Å². The maximum atomic E-state index is 12.4. The lowest BCUT2D eigenvalue weighted by atomic mass is 9.82. The first-order valence-electron chi connectivity index (χ1n) is 8.59. The molecule has 5 heteroatoms. The third-order valence-corrected chi connectivity index (χ3v) is 5.64. The van der Waals surface area contributed by atoms with E-state index in [0.29, 0.717) is 12.3 Å². The lowest BCUT2D eigenvalue weighted by Gasteiger charge is -2.31. The quantitative estimate of drug-likeness (QED) is 0.754. The lowest BCUT2D eigenvalue weighted by molar-refractivity contribution is -0.270. The molecule has 21 heavy (non-hydrogen) atoms. The van der Waals surface area contributed by atoms with Crippen molar-refractivity contribution in [2.45, 2.75) is 88.2 Å².